The van der Waals surface area contributed by atoms with Gasteiger partial charge in [0.25, 0.3) is 0 Å². The van der Waals surface area contributed by atoms with Crippen molar-refractivity contribution in [3.8, 4) is 5.75 Å². The number of nitrogens with one attached hydrogen (secondary N) is 2. The molecule has 1 aromatic carbocycles. The van der Waals surface area contributed by atoms with Gasteiger partial charge in [-0.3, -0.25) is 9.67 Å². The minimum absolute atomic E-state index is 0.169. The average molecular weight is 392 g/mol. The Balaban J connectivity index is 1.57. The summed E-state index contributed by atoms with van der Waals surface area (Å²) in [5.41, 5.74) is 0.688. The molecule has 0 aliphatic carbocycles. The number of aromatic nitrogens is 2. The van der Waals surface area contributed by atoms with Crippen LogP contribution in [0.5, 0.6) is 5.75 Å². The van der Waals surface area contributed by atoms with Crippen LogP contribution >= 0.6 is 0 Å². The van der Waals surface area contributed by atoms with Gasteiger partial charge < -0.3 is 20.3 Å². The smallest absolute Gasteiger partial charge is 0.387 e. The zero-order valence-corrected chi connectivity index (χ0v) is 15.9. The van der Waals surface area contributed by atoms with E-state index in [1.165, 1.54) is 0 Å². The lowest BCUT2D eigenvalue weighted by atomic mass is 10.2. The Labute approximate surface area is 163 Å². The molecule has 1 aliphatic rings. The Hall–Kier alpha value is -2.84. The fourth-order valence-electron chi connectivity index (χ4n) is 3.22. The number of benzene rings is 1. The quantitative estimate of drug-likeness (QED) is 0.533. The van der Waals surface area contributed by atoms with Gasteiger partial charge in [0, 0.05) is 38.1 Å². The highest BCUT2D eigenvalue weighted by atomic mass is 19.3. The van der Waals surface area contributed by atoms with Gasteiger partial charge in [0.15, 0.2) is 5.96 Å². The molecule has 0 amide bonds. The Bertz CT molecular complexity index is 753. The fourth-order valence-corrected chi connectivity index (χ4v) is 3.22. The number of guanidine groups is 1. The number of aliphatic imine (C=N–C) groups is 1. The van der Waals surface area contributed by atoms with Crippen molar-refractivity contribution in [2.75, 3.05) is 31.1 Å². The molecule has 1 fully saturated rings. The highest BCUT2D eigenvalue weighted by Crippen LogP contribution is 2.31. The van der Waals surface area contributed by atoms with Crippen LogP contribution in [-0.2, 0) is 6.54 Å². The molecule has 1 aliphatic heterocycles. The molecule has 1 unspecified atom stereocenters. The number of halogens is 2. The molecule has 152 valence electrons. The maximum atomic E-state index is 12.7. The normalized spacial score (nSPS) is 17.2. The van der Waals surface area contributed by atoms with E-state index in [0.29, 0.717) is 25.3 Å². The molecule has 2 heterocycles. The molecule has 1 saturated heterocycles. The molecule has 2 N–H and O–H groups in total. The topological polar surface area (TPSA) is 66.7 Å². The third kappa shape index (κ3) is 5.58. The molecule has 7 nitrogen and oxygen atoms in total. The number of rotatable bonds is 8. The zero-order chi connectivity index (χ0) is 19.8. The molecule has 0 bridgehead atoms. The summed E-state index contributed by atoms with van der Waals surface area (Å²) in [5, 5.41) is 10.9. The van der Waals surface area contributed by atoms with Crippen LogP contribution in [0.3, 0.4) is 0 Å². The van der Waals surface area contributed by atoms with Crippen molar-refractivity contribution >= 4 is 11.6 Å². The van der Waals surface area contributed by atoms with Gasteiger partial charge in [-0.15, -0.1) is 0 Å². The summed E-state index contributed by atoms with van der Waals surface area (Å²) in [6.45, 7) is 2.71. The SMILES string of the molecule is CCNC(=NCCn1cccn1)NC1CCN(c2ccccc2OC(F)F)C1. The Morgan fingerprint density at radius 1 is 1.36 bits per heavy atom. The number of nitrogens with zero attached hydrogens (tertiary/aromatic N) is 4. The monoisotopic (exact) mass is 392 g/mol. The van der Waals surface area contributed by atoms with E-state index in [1.54, 1.807) is 18.3 Å². The summed E-state index contributed by atoms with van der Waals surface area (Å²) < 4.78 is 31.8. The van der Waals surface area contributed by atoms with Crippen molar-refractivity contribution in [1.29, 1.82) is 0 Å². The third-order valence-electron chi connectivity index (χ3n) is 4.45. The van der Waals surface area contributed by atoms with Gasteiger partial charge in [-0.2, -0.15) is 13.9 Å². The first-order chi connectivity index (χ1) is 13.7. The lowest BCUT2D eigenvalue weighted by molar-refractivity contribution is -0.0495. The van der Waals surface area contributed by atoms with E-state index in [4.69, 9.17) is 0 Å². The lowest BCUT2D eigenvalue weighted by Gasteiger charge is -2.22. The molecule has 28 heavy (non-hydrogen) atoms. The van der Waals surface area contributed by atoms with Gasteiger partial charge in [-0.1, -0.05) is 12.1 Å². The summed E-state index contributed by atoms with van der Waals surface area (Å²) in [6.07, 6.45) is 4.53. The summed E-state index contributed by atoms with van der Waals surface area (Å²) in [6, 6.07) is 8.96. The molecule has 9 heteroatoms. The van der Waals surface area contributed by atoms with Crippen LogP contribution in [0.4, 0.5) is 14.5 Å². The van der Waals surface area contributed by atoms with E-state index >= 15 is 0 Å². The maximum Gasteiger partial charge on any atom is 0.387 e. The molecular formula is C19H26F2N6O. The first-order valence-electron chi connectivity index (χ1n) is 9.46. The second kappa shape index (κ2) is 9.91. The molecule has 1 aromatic heterocycles. The van der Waals surface area contributed by atoms with Crippen molar-refractivity contribution < 1.29 is 13.5 Å². The number of hydrogen-bond acceptors (Lipinski definition) is 4. The first kappa shape index (κ1) is 19.9. The van der Waals surface area contributed by atoms with E-state index in [1.807, 2.05) is 36.0 Å². The van der Waals surface area contributed by atoms with Crippen LogP contribution in [0, 0.1) is 0 Å². The molecule has 0 radical (unpaired) electrons. The molecular weight excluding hydrogens is 366 g/mol. The van der Waals surface area contributed by atoms with Crippen molar-refractivity contribution in [2.24, 2.45) is 4.99 Å². The predicted molar refractivity (Wildman–Crippen MR) is 105 cm³/mol. The van der Waals surface area contributed by atoms with Crippen molar-refractivity contribution in [1.82, 2.24) is 20.4 Å². The molecule has 0 spiro atoms. The zero-order valence-electron chi connectivity index (χ0n) is 15.9. The second-order valence-corrected chi connectivity index (χ2v) is 6.45. The molecule has 0 saturated carbocycles. The summed E-state index contributed by atoms with van der Waals surface area (Å²) in [7, 11) is 0. The first-order valence-corrected chi connectivity index (χ1v) is 9.46. The largest absolute Gasteiger partial charge is 0.433 e. The predicted octanol–water partition coefficient (Wildman–Crippen LogP) is 2.32. The van der Waals surface area contributed by atoms with Crippen molar-refractivity contribution in [3.63, 3.8) is 0 Å². The minimum Gasteiger partial charge on any atom is -0.433 e. The van der Waals surface area contributed by atoms with Crippen molar-refractivity contribution in [2.45, 2.75) is 32.5 Å². The van der Waals surface area contributed by atoms with Crippen LogP contribution in [0.15, 0.2) is 47.7 Å². The number of anilines is 1. The van der Waals surface area contributed by atoms with E-state index in [9.17, 15) is 8.78 Å². The minimum atomic E-state index is -2.83. The van der Waals surface area contributed by atoms with E-state index < -0.39 is 6.61 Å². The van der Waals surface area contributed by atoms with E-state index in [0.717, 1.165) is 25.5 Å². The van der Waals surface area contributed by atoms with Gasteiger partial charge in [0.1, 0.15) is 5.75 Å². The second-order valence-electron chi connectivity index (χ2n) is 6.45. The number of ether oxygens (including phenoxy) is 1. The number of alkyl halides is 2. The summed E-state index contributed by atoms with van der Waals surface area (Å²) >= 11 is 0. The fraction of sp³-hybridized carbons (Fsp3) is 0.474. The standard InChI is InChI=1S/C19H26F2N6O/c1-2-22-19(23-10-13-27-11-5-9-24-27)25-15-8-12-26(14-15)16-6-3-4-7-17(16)28-18(20)21/h3-7,9,11,15,18H,2,8,10,12-14H2,1H3,(H2,22,23,25). The highest BCUT2D eigenvalue weighted by Gasteiger charge is 2.26. The Morgan fingerprint density at radius 3 is 2.96 bits per heavy atom. The van der Waals surface area contributed by atoms with Crippen LogP contribution in [0.1, 0.15) is 13.3 Å². The van der Waals surface area contributed by atoms with E-state index in [-0.39, 0.29) is 11.8 Å². The van der Waals surface area contributed by atoms with Gasteiger partial charge in [-0.25, -0.2) is 0 Å². The summed E-state index contributed by atoms with van der Waals surface area (Å²) in [5.74, 6) is 0.955. The van der Waals surface area contributed by atoms with E-state index in [2.05, 4.69) is 30.4 Å². The van der Waals surface area contributed by atoms with Crippen LogP contribution < -0.4 is 20.3 Å². The number of hydrogen-bond donors (Lipinski definition) is 2. The highest BCUT2D eigenvalue weighted by molar-refractivity contribution is 5.80. The molecule has 3 rings (SSSR count). The average Bonchev–Trinajstić information content (AvgIpc) is 3.34. The van der Waals surface area contributed by atoms with Gasteiger partial charge in [0.05, 0.1) is 18.8 Å². The van der Waals surface area contributed by atoms with Gasteiger partial charge >= 0.3 is 6.61 Å². The van der Waals surface area contributed by atoms with Gasteiger partial charge in [0.2, 0.25) is 0 Å². The molecule has 1 atom stereocenters. The van der Waals surface area contributed by atoms with Crippen LogP contribution in [0.25, 0.3) is 0 Å². The summed E-state index contributed by atoms with van der Waals surface area (Å²) in [4.78, 5) is 6.66. The van der Waals surface area contributed by atoms with Gasteiger partial charge in [-0.05, 0) is 31.5 Å². The number of para-hydroxylation sites is 2. The third-order valence-corrected chi connectivity index (χ3v) is 4.45. The lowest BCUT2D eigenvalue weighted by Crippen LogP contribution is -2.44. The Kier molecular flexibility index (Phi) is 7.05. The molecule has 2 aromatic rings. The Morgan fingerprint density at radius 2 is 2.21 bits per heavy atom. The van der Waals surface area contributed by atoms with Crippen molar-refractivity contribution in [3.05, 3.63) is 42.7 Å². The van der Waals surface area contributed by atoms with Crippen LogP contribution in [-0.4, -0.2) is 54.6 Å². The van der Waals surface area contributed by atoms with Crippen LogP contribution in [0.2, 0.25) is 0 Å². The maximum absolute atomic E-state index is 12.7.